The number of aromatic amines is 2. The molecule has 2 aromatic carbocycles. The van der Waals surface area contributed by atoms with Gasteiger partial charge in [0.2, 0.25) is 0 Å². The van der Waals surface area contributed by atoms with Gasteiger partial charge in [-0.2, -0.15) is 0 Å². The van der Waals surface area contributed by atoms with Crippen molar-refractivity contribution in [2.45, 2.75) is 62.8 Å². The molecular formula is C28H31N5. The van der Waals surface area contributed by atoms with E-state index in [4.69, 9.17) is 5.73 Å². The van der Waals surface area contributed by atoms with Crippen LogP contribution in [0.3, 0.4) is 0 Å². The zero-order valence-electron chi connectivity index (χ0n) is 18.9. The van der Waals surface area contributed by atoms with E-state index in [2.05, 4.69) is 68.5 Å². The summed E-state index contributed by atoms with van der Waals surface area (Å²) in [5.74, 6) is 3.15. The maximum Gasteiger partial charge on any atom is 0.111 e. The molecule has 0 bridgehead atoms. The zero-order chi connectivity index (χ0) is 22.2. The van der Waals surface area contributed by atoms with Crippen molar-refractivity contribution in [1.82, 2.24) is 19.9 Å². The average Bonchev–Trinajstić information content (AvgIpc) is 3.66. The lowest BCUT2D eigenvalue weighted by molar-refractivity contribution is 0.587. The van der Waals surface area contributed by atoms with Crippen LogP contribution >= 0.6 is 0 Å². The molecule has 4 aromatic rings. The summed E-state index contributed by atoms with van der Waals surface area (Å²) in [5, 5.41) is 0. The second-order valence-electron chi connectivity index (χ2n) is 9.70. The number of nitrogens with two attached hydrogens (primary N) is 1. The fourth-order valence-electron chi connectivity index (χ4n) is 5.57. The molecule has 0 saturated heterocycles. The van der Waals surface area contributed by atoms with Crippen molar-refractivity contribution in [2.24, 2.45) is 5.73 Å². The van der Waals surface area contributed by atoms with Gasteiger partial charge in [0.15, 0.2) is 0 Å². The monoisotopic (exact) mass is 437 g/mol. The van der Waals surface area contributed by atoms with Gasteiger partial charge in [0.05, 0.1) is 23.8 Å². The fraction of sp³-hybridized carbons (Fsp3) is 0.357. The van der Waals surface area contributed by atoms with Crippen molar-refractivity contribution in [3.05, 3.63) is 72.6 Å². The van der Waals surface area contributed by atoms with E-state index in [9.17, 15) is 0 Å². The van der Waals surface area contributed by atoms with Crippen LogP contribution in [-0.4, -0.2) is 26.0 Å². The molecule has 0 aliphatic heterocycles. The molecular weight excluding hydrogens is 406 g/mol. The number of H-pyrrole nitrogens is 2. The number of hydrogen-bond acceptors (Lipinski definition) is 3. The Labute approximate surface area is 194 Å². The normalized spacial score (nSPS) is 21.1. The van der Waals surface area contributed by atoms with Gasteiger partial charge in [-0.25, -0.2) is 9.97 Å². The Morgan fingerprint density at radius 1 is 0.606 bits per heavy atom. The summed E-state index contributed by atoms with van der Waals surface area (Å²) in [5.41, 5.74) is 13.2. The molecule has 2 aromatic heterocycles. The van der Waals surface area contributed by atoms with Gasteiger partial charge in [-0.1, -0.05) is 67.8 Å². The highest BCUT2D eigenvalue weighted by Crippen LogP contribution is 2.35. The molecule has 6 rings (SSSR count). The number of hydrogen-bond donors (Lipinski definition) is 3. The average molecular weight is 438 g/mol. The van der Waals surface area contributed by atoms with Gasteiger partial charge in [0.1, 0.15) is 11.6 Å². The number of benzene rings is 2. The Morgan fingerprint density at radius 2 is 1.12 bits per heavy atom. The molecule has 4 N–H and O–H groups in total. The molecule has 2 atom stereocenters. The molecule has 0 unspecified atom stereocenters. The maximum absolute atomic E-state index is 6.26. The molecule has 33 heavy (non-hydrogen) atoms. The summed E-state index contributed by atoms with van der Waals surface area (Å²) < 4.78 is 0. The van der Waals surface area contributed by atoms with Crippen LogP contribution in [0.15, 0.2) is 60.9 Å². The van der Waals surface area contributed by atoms with Crippen molar-refractivity contribution >= 4 is 0 Å². The van der Waals surface area contributed by atoms with Crippen molar-refractivity contribution in [3.63, 3.8) is 0 Å². The number of nitrogens with one attached hydrogen (secondary N) is 2. The van der Waals surface area contributed by atoms with Gasteiger partial charge >= 0.3 is 0 Å². The first-order chi connectivity index (χ1) is 16.2. The molecule has 0 amide bonds. The highest BCUT2D eigenvalue weighted by atomic mass is 14.9. The number of rotatable bonds is 5. The smallest absolute Gasteiger partial charge is 0.111 e. The van der Waals surface area contributed by atoms with Crippen molar-refractivity contribution in [2.75, 3.05) is 0 Å². The predicted molar refractivity (Wildman–Crippen MR) is 133 cm³/mol. The van der Waals surface area contributed by atoms with E-state index in [-0.39, 0.29) is 6.04 Å². The quantitative estimate of drug-likeness (QED) is 0.338. The molecule has 5 nitrogen and oxygen atoms in total. The van der Waals surface area contributed by atoms with E-state index in [1.54, 1.807) is 0 Å². The first kappa shape index (κ1) is 20.4. The summed E-state index contributed by atoms with van der Waals surface area (Å²) in [6.07, 6.45) is 12.5. The molecule has 2 fully saturated rings. The second kappa shape index (κ2) is 8.64. The highest BCUT2D eigenvalue weighted by Gasteiger charge is 2.27. The van der Waals surface area contributed by atoms with E-state index >= 15 is 0 Å². The predicted octanol–water partition coefficient (Wildman–Crippen LogP) is 6.39. The number of aromatic nitrogens is 4. The Hall–Kier alpha value is -3.18. The van der Waals surface area contributed by atoms with Crippen LogP contribution in [0.25, 0.3) is 33.6 Å². The van der Waals surface area contributed by atoms with Crippen LogP contribution in [0.4, 0.5) is 0 Å². The lowest BCUT2D eigenvalue weighted by Gasteiger charge is -2.11. The van der Waals surface area contributed by atoms with Gasteiger partial charge in [-0.15, -0.1) is 0 Å². The molecule has 2 aliphatic carbocycles. The minimum atomic E-state index is 0.227. The summed E-state index contributed by atoms with van der Waals surface area (Å²) in [4.78, 5) is 16.3. The summed E-state index contributed by atoms with van der Waals surface area (Å²) in [7, 11) is 0. The van der Waals surface area contributed by atoms with E-state index in [0.29, 0.717) is 11.8 Å². The van der Waals surface area contributed by atoms with Crippen LogP contribution in [0, 0.1) is 0 Å². The first-order valence-electron chi connectivity index (χ1n) is 12.3. The van der Waals surface area contributed by atoms with Crippen molar-refractivity contribution in [3.8, 4) is 33.6 Å². The van der Waals surface area contributed by atoms with Gasteiger partial charge < -0.3 is 15.7 Å². The van der Waals surface area contributed by atoms with Crippen molar-refractivity contribution < 1.29 is 0 Å². The summed E-state index contributed by atoms with van der Waals surface area (Å²) in [6.45, 7) is 0. The van der Waals surface area contributed by atoms with E-state index < -0.39 is 0 Å². The molecule has 168 valence electrons. The van der Waals surface area contributed by atoms with Crippen molar-refractivity contribution in [1.29, 1.82) is 0 Å². The van der Waals surface area contributed by atoms with Gasteiger partial charge in [-0.3, -0.25) is 0 Å². The SMILES string of the molecule is N[C@H]1CCC[C@H]1c1ncc(-c2ccc(-c3ccc(-c4cnc(C5CCCC5)[nH]4)cc3)cc2)[nH]1. The molecule has 2 saturated carbocycles. The topological polar surface area (TPSA) is 83.4 Å². The summed E-state index contributed by atoms with van der Waals surface area (Å²) >= 11 is 0. The van der Waals surface area contributed by atoms with Gasteiger partial charge in [0, 0.05) is 17.9 Å². The lowest BCUT2D eigenvalue weighted by atomic mass is 10.0. The number of nitrogens with zero attached hydrogens (tertiary/aromatic N) is 2. The van der Waals surface area contributed by atoms with E-state index in [1.807, 2.05) is 12.4 Å². The molecule has 0 spiro atoms. The van der Waals surface area contributed by atoms with Crippen LogP contribution in [0.5, 0.6) is 0 Å². The van der Waals surface area contributed by atoms with E-state index in [0.717, 1.165) is 41.4 Å². The Bertz CT molecular complexity index is 1210. The Kier molecular flexibility index (Phi) is 5.35. The standard InChI is InChI=1S/C28H31N5/c29-24-7-3-6-23(24)28-31-17-26(33-28)21-14-10-19(11-15-21)18-8-12-20(13-9-18)25-16-30-27(32-25)22-4-1-2-5-22/h8-17,22-24H,1-7,29H2,(H,30,32)(H,31,33)/t23-,24+/m1/s1. The minimum absolute atomic E-state index is 0.227. The zero-order valence-corrected chi connectivity index (χ0v) is 18.9. The van der Waals surface area contributed by atoms with Crippen LogP contribution in [0.1, 0.15) is 68.4 Å². The largest absolute Gasteiger partial charge is 0.342 e. The third kappa shape index (κ3) is 4.02. The maximum atomic E-state index is 6.26. The second-order valence-corrected chi connectivity index (χ2v) is 9.70. The third-order valence-electron chi connectivity index (χ3n) is 7.58. The molecule has 5 heteroatoms. The Morgan fingerprint density at radius 3 is 1.67 bits per heavy atom. The Balaban J connectivity index is 1.17. The van der Waals surface area contributed by atoms with Crippen LogP contribution in [-0.2, 0) is 0 Å². The highest BCUT2D eigenvalue weighted by molar-refractivity contribution is 5.71. The van der Waals surface area contributed by atoms with Crippen LogP contribution < -0.4 is 5.73 Å². The van der Waals surface area contributed by atoms with Gasteiger partial charge in [-0.05, 0) is 47.9 Å². The van der Waals surface area contributed by atoms with Gasteiger partial charge in [0.25, 0.3) is 0 Å². The van der Waals surface area contributed by atoms with E-state index in [1.165, 1.54) is 48.8 Å². The molecule has 2 heterocycles. The molecule has 0 radical (unpaired) electrons. The first-order valence-corrected chi connectivity index (χ1v) is 12.3. The minimum Gasteiger partial charge on any atom is -0.342 e. The number of imidazole rings is 2. The fourth-order valence-corrected chi connectivity index (χ4v) is 5.57. The van der Waals surface area contributed by atoms with Crippen LogP contribution in [0.2, 0.25) is 0 Å². The molecule has 2 aliphatic rings. The lowest BCUT2D eigenvalue weighted by Crippen LogP contribution is -2.23. The third-order valence-corrected chi connectivity index (χ3v) is 7.58. The summed E-state index contributed by atoms with van der Waals surface area (Å²) in [6, 6.07) is 17.7.